The SMILES string of the molecule is CCCCCCCCCCCCCCCO[Si]1(C)CCC1. The Kier molecular flexibility index (Phi) is 11.6. The van der Waals surface area contributed by atoms with Crippen LogP contribution in [-0.2, 0) is 4.43 Å². The van der Waals surface area contributed by atoms with Crippen molar-refractivity contribution < 1.29 is 4.43 Å². The minimum Gasteiger partial charge on any atom is -0.417 e. The van der Waals surface area contributed by atoms with E-state index in [-0.39, 0.29) is 0 Å². The number of hydrogen-bond acceptors (Lipinski definition) is 1. The molecular formula is C19H40OSi. The van der Waals surface area contributed by atoms with E-state index in [9.17, 15) is 0 Å². The van der Waals surface area contributed by atoms with Gasteiger partial charge in [-0.15, -0.1) is 0 Å². The van der Waals surface area contributed by atoms with Gasteiger partial charge in [-0.1, -0.05) is 90.4 Å². The quantitative estimate of drug-likeness (QED) is 0.232. The molecule has 126 valence electrons. The highest BCUT2D eigenvalue weighted by atomic mass is 28.4. The van der Waals surface area contributed by atoms with Gasteiger partial charge in [-0.3, -0.25) is 0 Å². The lowest BCUT2D eigenvalue weighted by Crippen LogP contribution is -2.41. The monoisotopic (exact) mass is 312 g/mol. The van der Waals surface area contributed by atoms with Crippen LogP contribution in [0.3, 0.4) is 0 Å². The maximum atomic E-state index is 6.10. The molecule has 1 saturated heterocycles. The zero-order chi connectivity index (χ0) is 15.2. The first kappa shape index (κ1) is 19.2. The van der Waals surface area contributed by atoms with Crippen molar-refractivity contribution in [1.29, 1.82) is 0 Å². The molecule has 0 amide bonds. The van der Waals surface area contributed by atoms with E-state index >= 15 is 0 Å². The summed E-state index contributed by atoms with van der Waals surface area (Å²) >= 11 is 0. The maximum absolute atomic E-state index is 6.10. The Hall–Kier alpha value is 0.177. The van der Waals surface area contributed by atoms with Gasteiger partial charge in [-0.05, 0) is 25.1 Å². The van der Waals surface area contributed by atoms with E-state index in [1.807, 2.05) is 0 Å². The fraction of sp³-hybridized carbons (Fsp3) is 1.00. The molecule has 1 aliphatic heterocycles. The summed E-state index contributed by atoms with van der Waals surface area (Å²) in [5.41, 5.74) is 0. The van der Waals surface area contributed by atoms with Crippen molar-refractivity contribution in [3.63, 3.8) is 0 Å². The fourth-order valence-electron chi connectivity index (χ4n) is 3.26. The van der Waals surface area contributed by atoms with Crippen LogP contribution in [0.15, 0.2) is 0 Å². The molecule has 1 fully saturated rings. The average molecular weight is 313 g/mol. The van der Waals surface area contributed by atoms with E-state index in [1.54, 1.807) is 0 Å². The second-order valence-electron chi connectivity index (χ2n) is 7.39. The number of unbranched alkanes of at least 4 members (excludes halogenated alkanes) is 12. The Labute approximate surface area is 135 Å². The maximum Gasteiger partial charge on any atom is 0.189 e. The average Bonchev–Trinajstić information content (AvgIpc) is 2.46. The zero-order valence-electron chi connectivity index (χ0n) is 14.9. The van der Waals surface area contributed by atoms with Crippen molar-refractivity contribution >= 4 is 8.32 Å². The van der Waals surface area contributed by atoms with Gasteiger partial charge < -0.3 is 4.43 Å². The smallest absolute Gasteiger partial charge is 0.189 e. The lowest BCUT2D eigenvalue weighted by atomic mass is 10.0. The molecule has 0 radical (unpaired) electrons. The van der Waals surface area contributed by atoms with Crippen molar-refractivity contribution in [3.05, 3.63) is 0 Å². The molecule has 0 saturated carbocycles. The number of hydrogen-bond donors (Lipinski definition) is 0. The topological polar surface area (TPSA) is 9.23 Å². The molecule has 0 aromatic rings. The zero-order valence-corrected chi connectivity index (χ0v) is 15.9. The molecule has 0 bridgehead atoms. The molecule has 0 aromatic carbocycles. The van der Waals surface area contributed by atoms with Crippen LogP contribution in [0.25, 0.3) is 0 Å². The highest BCUT2D eigenvalue weighted by molar-refractivity contribution is 6.75. The number of rotatable bonds is 15. The van der Waals surface area contributed by atoms with E-state index in [0.717, 1.165) is 6.61 Å². The summed E-state index contributed by atoms with van der Waals surface area (Å²) in [6.07, 6.45) is 20.1. The summed E-state index contributed by atoms with van der Waals surface area (Å²) in [6, 6.07) is 2.84. The van der Waals surface area contributed by atoms with Gasteiger partial charge in [-0.25, -0.2) is 0 Å². The molecule has 0 aliphatic carbocycles. The lowest BCUT2D eigenvalue weighted by Gasteiger charge is -2.35. The molecule has 0 spiro atoms. The van der Waals surface area contributed by atoms with Crippen LogP contribution in [0.5, 0.6) is 0 Å². The van der Waals surface area contributed by atoms with E-state index in [0.29, 0.717) is 0 Å². The Bertz CT molecular complexity index is 226. The van der Waals surface area contributed by atoms with Gasteiger partial charge in [0.1, 0.15) is 0 Å². The van der Waals surface area contributed by atoms with E-state index in [4.69, 9.17) is 4.43 Å². The van der Waals surface area contributed by atoms with Crippen LogP contribution in [0.2, 0.25) is 18.6 Å². The van der Waals surface area contributed by atoms with Crippen LogP contribution in [0.4, 0.5) is 0 Å². The summed E-state index contributed by atoms with van der Waals surface area (Å²) in [7, 11) is -1.10. The van der Waals surface area contributed by atoms with E-state index in [1.165, 1.54) is 102 Å². The standard InChI is InChI=1S/C19H40OSi/c1-3-4-5-6-7-8-9-10-11-12-13-14-15-17-20-21(2)18-16-19-21/h3-19H2,1-2H3. The van der Waals surface area contributed by atoms with Gasteiger partial charge in [-0.2, -0.15) is 0 Å². The summed E-state index contributed by atoms with van der Waals surface area (Å²) in [6.45, 7) is 5.76. The van der Waals surface area contributed by atoms with Gasteiger partial charge in [0.15, 0.2) is 8.32 Å². The van der Waals surface area contributed by atoms with Crippen LogP contribution in [0, 0.1) is 0 Å². The molecule has 21 heavy (non-hydrogen) atoms. The van der Waals surface area contributed by atoms with E-state index < -0.39 is 8.32 Å². The highest BCUT2D eigenvalue weighted by Crippen LogP contribution is 2.32. The van der Waals surface area contributed by atoms with Gasteiger partial charge in [0.2, 0.25) is 0 Å². The predicted molar refractivity (Wildman–Crippen MR) is 97.5 cm³/mol. The summed E-state index contributed by atoms with van der Waals surface area (Å²) in [5, 5.41) is 0. The molecular weight excluding hydrogens is 272 g/mol. The molecule has 0 unspecified atom stereocenters. The molecule has 1 rings (SSSR count). The first-order valence-corrected chi connectivity index (χ1v) is 12.7. The summed E-state index contributed by atoms with van der Waals surface area (Å²) in [4.78, 5) is 0. The molecule has 1 nitrogen and oxygen atoms in total. The van der Waals surface area contributed by atoms with Crippen LogP contribution in [-0.4, -0.2) is 14.9 Å². The Morgan fingerprint density at radius 1 is 0.667 bits per heavy atom. The Balaban J connectivity index is 1.67. The summed E-state index contributed by atoms with van der Waals surface area (Å²) < 4.78 is 6.10. The molecule has 1 heterocycles. The van der Waals surface area contributed by atoms with E-state index in [2.05, 4.69) is 13.5 Å². The van der Waals surface area contributed by atoms with Gasteiger partial charge in [0, 0.05) is 6.61 Å². The molecule has 0 atom stereocenters. The van der Waals surface area contributed by atoms with Crippen molar-refractivity contribution in [1.82, 2.24) is 0 Å². The minimum absolute atomic E-state index is 1.06. The predicted octanol–water partition coefficient (Wildman–Crippen LogP) is 7.07. The van der Waals surface area contributed by atoms with Gasteiger partial charge >= 0.3 is 0 Å². The molecule has 0 aromatic heterocycles. The van der Waals surface area contributed by atoms with Crippen molar-refractivity contribution in [2.24, 2.45) is 0 Å². The third-order valence-corrected chi connectivity index (χ3v) is 8.83. The first-order chi connectivity index (χ1) is 10.3. The van der Waals surface area contributed by atoms with Crippen LogP contribution < -0.4 is 0 Å². The second kappa shape index (κ2) is 12.7. The first-order valence-electron chi connectivity index (χ1n) is 9.91. The molecule has 0 N–H and O–H groups in total. The summed E-state index contributed by atoms with van der Waals surface area (Å²) in [5.74, 6) is 0. The minimum atomic E-state index is -1.10. The Morgan fingerprint density at radius 2 is 1.10 bits per heavy atom. The lowest BCUT2D eigenvalue weighted by molar-refractivity contribution is 0.278. The Morgan fingerprint density at radius 3 is 1.48 bits per heavy atom. The normalized spacial score (nSPS) is 16.9. The van der Waals surface area contributed by atoms with Crippen LogP contribution in [0.1, 0.15) is 96.8 Å². The van der Waals surface area contributed by atoms with Gasteiger partial charge in [0.25, 0.3) is 0 Å². The largest absolute Gasteiger partial charge is 0.417 e. The molecule has 1 aliphatic rings. The third kappa shape index (κ3) is 10.5. The molecule has 2 heteroatoms. The third-order valence-electron chi connectivity index (χ3n) is 5.11. The second-order valence-corrected chi connectivity index (χ2v) is 11.6. The van der Waals surface area contributed by atoms with Crippen molar-refractivity contribution in [3.8, 4) is 0 Å². The highest BCUT2D eigenvalue weighted by Gasteiger charge is 2.35. The fourth-order valence-corrected chi connectivity index (χ4v) is 5.53. The van der Waals surface area contributed by atoms with Gasteiger partial charge in [0.05, 0.1) is 0 Å². The van der Waals surface area contributed by atoms with Crippen molar-refractivity contribution in [2.75, 3.05) is 6.61 Å². The van der Waals surface area contributed by atoms with Crippen molar-refractivity contribution in [2.45, 2.75) is 115 Å². The van der Waals surface area contributed by atoms with Crippen LogP contribution >= 0.6 is 0 Å².